The monoisotopic (exact) mass is 558 g/mol. The van der Waals surface area contributed by atoms with Gasteiger partial charge in [-0.15, -0.1) is 0 Å². The summed E-state index contributed by atoms with van der Waals surface area (Å²) in [7, 11) is 5.03. The van der Waals surface area contributed by atoms with E-state index < -0.39 is 0 Å². The normalized spacial score (nSPS) is 20.5. The van der Waals surface area contributed by atoms with Crippen LogP contribution in [0.1, 0.15) is 125 Å². The van der Waals surface area contributed by atoms with Gasteiger partial charge < -0.3 is 8.97 Å². The number of fused-ring (bicyclic) bond motifs is 3. The maximum absolute atomic E-state index is 2.56. The Morgan fingerprint density at radius 3 is 1.32 bits per heavy atom. The number of piperidine rings is 2. The number of hydrogen-bond acceptors (Lipinski definition) is 0. The lowest BCUT2D eigenvalue weighted by molar-refractivity contribution is -0.914. The van der Waals surface area contributed by atoms with Crippen LogP contribution in [0.5, 0.6) is 0 Å². The second-order valence-electron chi connectivity index (χ2n) is 15.2. The standard InChI is InChI=1S/C39H62N2/c1-33-19-21-35-36-22-20-34(2)32-38(36)39(37(35)31-33,23-11-5-7-13-25-40(3)27-15-9-16-28-40)24-12-6-8-14-26-41(4)29-17-10-18-30-41/h19-22,31-32H,5-18,23-30H2,1-4H3/q+2. The molecule has 0 spiro atoms. The van der Waals surface area contributed by atoms with E-state index in [0.29, 0.717) is 0 Å². The van der Waals surface area contributed by atoms with E-state index >= 15 is 0 Å². The Bertz CT molecular complexity index is 1030. The second-order valence-corrected chi connectivity index (χ2v) is 15.2. The largest absolute Gasteiger partial charge is 0.326 e. The van der Waals surface area contributed by atoms with Crippen molar-refractivity contribution in [3.05, 3.63) is 58.7 Å². The zero-order chi connectivity index (χ0) is 28.8. The van der Waals surface area contributed by atoms with Gasteiger partial charge in [-0.3, -0.25) is 0 Å². The molecule has 3 aliphatic rings. The summed E-state index contributed by atoms with van der Waals surface area (Å²) in [5.74, 6) is 0. The number of nitrogens with zero attached hydrogens (tertiary/aromatic N) is 2. The zero-order valence-corrected chi connectivity index (χ0v) is 27.4. The summed E-state index contributed by atoms with van der Waals surface area (Å²) in [4.78, 5) is 0. The van der Waals surface area contributed by atoms with E-state index in [1.54, 1.807) is 11.1 Å². The minimum atomic E-state index is 0.208. The molecule has 0 amide bonds. The van der Waals surface area contributed by atoms with Gasteiger partial charge in [0.05, 0.1) is 53.4 Å². The van der Waals surface area contributed by atoms with Crippen LogP contribution >= 0.6 is 0 Å². The van der Waals surface area contributed by atoms with Crippen LogP contribution in [0.2, 0.25) is 0 Å². The van der Waals surface area contributed by atoms with Crippen LogP contribution in [-0.2, 0) is 5.41 Å². The van der Waals surface area contributed by atoms with Crippen molar-refractivity contribution in [3.8, 4) is 11.1 Å². The van der Waals surface area contributed by atoms with E-state index in [2.05, 4.69) is 64.3 Å². The highest BCUT2D eigenvalue weighted by Crippen LogP contribution is 2.54. The third-order valence-electron chi connectivity index (χ3n) is 11.6. The van der Waals surface area contributed by atoms with Crippen molar-refractivity contribution in [3.63, 3.8) is 0 Å². The van der Waals surface area contributed by atoms with Gasteiger partial charge in [-0.25, -0.2) is 0 Å². The van der Waals surface area contributed by atoms with Crippen molar-refractivity contribution in [2.75, 3.05) is 53.4 Å². The predicted molar refractivity (Wildman–Crippen MR) is 178 cm³/mol. The lowest BCUT2D eigenvalue weighted by Gasteiger charge is -2.38. The van der Waals surface area contributed by atoms with Gasteiger partial charge in [0, 0.05) is 5.41 Å². The minimum absolute atomic E-state index is 0.208. The topological polar surface area (TPSA) is 0 Å². The Morgan fingerprint density at radius 1 is 0.512 bits per heavy atom. The average Bonchev–Trinajstić information content (AvgIpc) is 3.21. The highest BCUT2D eigenvalue weighted by atomic mass is 15.3. The number of hydrogen-bond donors (Lipinski definition) is 0. The molecule has 0 saturated carbocycles. The molecule has 0 atom stereocenters. The predicted octanol–water partition coefficient (Wildman–Crippen LogP) is 9.73. The Hall–Kier alpha value is -1.64. The van der Waals surface area contributed by atoms with Crippen molar-refractivity contribution in [2.45, 2.75) is 122 Å². The Morgan fingerprint density at radius 2 is 0.902 bits per heavy atom. The molecular formula is C39H62N2+2. The third-order valence-corrected chi connectivity index (χ3v) is 11.6. The highest BCUT2D eigenvalue weighted by Gasteiger charge is 2.42. The van der Waals surface area contributed by atoms with Crippen LogP contribution < -0.4 is 0 Å². The summed E-state index contributed by atoms with van der Waals surface area (Å²) in [5, 5.41) is 0. The second kappa shape index (κ2) is 13.8. The lowest BCUT2D eigenvalue weighted by atomic mass is 9.70. The lowest BCUT2D eigenvalue weighted by Crippen LogP contribution is -2.48. The third kappa shape index (κ3) is 7.48. The fourth-order valence-corrected chi connectivity index (χ4v) is 8.93. The average molecular weight is 559 g/mol. The van der Waals surface area contributed by atoms with Gasteiger partial charge in [0.2, 0.25) is 0 Å². The number of aryl methyl sites for hydroxylation is 2. The first kappa shape index (κ1) is 30.8. The molecule has 2 saturated heterocycles. The van der Waals surface area contributed by atoms with Gasteiger partial charge in [0.15, 0.2) is 0 Å². The summed E-state index contributed by atoms with van der Waals surface area (Å²) >= 11 is 0. The molecule has 0 aromatic heterocycles. The smallest absolute Gasteiger partial charge is 0.0784 e. The molecule has 41 heavy (non-hydrogen) atoms. The van der Waals surface area contributed by atoms with E-state index in [0.717, 1.165) is 0 Å². The van der Waals surface area contributed by atoms with E-state index in [9.17, 15) is 0 Å². The molecule has 0 unspecified atom stereocenters. The molecule has 226 valence electrons. The molecule has 2 nitrogen and oxygen atoms in total. The molecular weight excluding hydrogens is 496 g/mol. The van der Waals surface area contributed by atoms with E-state index in [-0.39, 0.29) is 5.41 Å². The summed E-state index contributed by atoms with van der Waals surface area (Å²) in [6.45, 7) is 13.0. The molecule has 0 N–H and O–H groups in total. The number of likely N-dealkylation sites (tertiary alicyclic amines) is 2. The van der Waals surface area contributed by atoms with Gasteiger partial charge in [0.1, 0.15) is 0 Å². The molecule has 1 aliphatic carbocycles. The molecule has 2 fully saturated rings. The molecule has 5 rings (SSSR count). The summed E-state index contributed by atoms with van der Waals surface area (Å²) in [5.41, 5.74) is 9.40. The molecule has 2 aromatic rings. The zero-order valence-electron chi connectivity index (χ0n) is 27.4. The first-order chi connectivity index (χ1) is 19.8. The van der Waals surface area contributed by atoms with Gasteiger partial charge in [0.25, 0.3) is 0 Å². The number of quaternary nitrogens is 2. The number of rotatable bonds is 14. The maximum atomic E-state index is 2.56. The van der Waals surface area contributed by atoms with Gasteiger partial charge in [-0.1, -0.05) is 73.2 Å². The SMILES string of the molecule is Cc1ccc2c(c1)C(CCCCCC[N+]1(C)CCCCC1)(CCCCCC[N+]1(C)CCCCC1)c1cc(C)ccc1-2. The summed E-state index contributed by atoms with van der Waals surface area (Å²) < 4.78 is 2.67. The van der Waals surface area contributed by atoms with Crippen LogP contribution in [0.4, 0.5) is 0 Å². The van der Waals surface area contributed by atoms with Gasteiger partial charge >= 0.3 is 0 Å². The Balaban J connectivity index is 1.23. The molecule has 2 aromatic carbocycles. The van der Waals surface area contributed by atoms with E-state index in [1.165, 1.54) is 173 Å². The van der Waals surface area contributed by atoms with Gasteiger partial charge in [-0.2, -0.15) is 0 Å². The summed E-state index contributed by atoms with van der Waals surface area (Å²) in [6.07, 6.45) is 22.4. The van der Waals surface area contributed by atoms with Crippen LogP contribution in [0.3, 0.4) is 0 Å². The first-order valence-electron chi connectivity index (χ1n) is 17.7. The van der Waals surface area contributed by atoms with Crippen LogP contribution in [0.25, 0.3) is 11.1 Å². The summed E-state index contributed by atoms with van der Waals surface area (Å²) in [6, 6.07) is 14.7. The van der Waals surface area contributed by atoms with Crippen molar-refractivity contribution < 1.29 is 8.97 Å². The Labute approximate surface area is 253 Å². The fraction of sp³-hybridized carbons (Fsp3) is 0.692. The highest BCUT2D eigenvalue weighted by molar-refractivity contribution is 5.81. The molecule has 2 aliphatic heterocycles. The van der Waals surface area contributed by atoms with Crippen molar-refractivity contribution in [1.82, 2.24) is 0 Å². The quantitative estimate of drug-likeness (QED) is 0.160. The van der Waals surface area contributed by atoms with E-state index in [4.69, 9.17) is 0 Å². The van der Waals surface area contributed by atoms with Crippen molar-refractivity contribution in [2.24, 2.45) is 0 Å². The van der Waals surface area contributed by atoms with Crippen molar-refractivity contribution in [1.29, 1.82) is 0 Å². The molecule has 2 heterocycles. The Kier molecular flexibility index (Phi) is 10.3. The molecule has 0 bridgehead atoms. The minimum Gasteiger partial charge on any atom is -0.326 e. The van der Waals surface area contributed by atoms with Crippen molar-refractivity contribution >= 4 is 0 Å². The fourth-order valence-electron chi connectivity index (χ4n) is 8.93. The van der Waals surface area contributed by atoms with Crippen LogP contribution in [0.15, 0.2) is 36.4 Å². The first-order valence-corrected chi connectivity index (χ1v) is 17.7. The molecule has 0 radical (unpaired) electrons. The van der Waals surface area contributed by atoms with E-state index in [1.807, 2.05) is 0 Å². The molecule has 2 heteroatoms. The van der Waals surface area contributed by atoms with Crippen LogP contribution in [-0.4, -0.2) is 62.3 Å². The maximum Gasteiger partial charge on any atom is 0.0784 e. The van der Waals surface area contributed by atoms with Gasteiger partial charge in [-0.05, 0) is 113 Å². The number of unbranched alkanes of at least 4 members (excludes halogenated alkanes) is 6. The number of benzene rings is 2. The van der Waals surface area contributed by atoms with Crippen LogP contribution in [0, 0.1) is 13.8 Å².